The van der Waals surface area contributed by atoms with Crippen LogP contribution in [-0.4, -0.2) is 33.9 Å². The molecule has 1 aromatic heterocycles. The molecule has 9 heteroatoms. The molecule has 0 saturated carbocycles. The van der Waals surface area contributed by atoms with Crippen molar-refractivity contribution in [2.45, 2.75) is 43.6 Å². The van der Waals surface area contributed by atoms with E-state index in [1.165, 1.54) is 11.8 Å². The second-order valence-electron chi connectivity index (χ2n) is 8.27. The number of hydrogen-bond donors (Lipinski definition) is 1. The normalized spacial score (nSPS) is 14.7. The van der Waals surface area contributed by atoms with E-state index in [2.05, 4.69) is 23.8 Å². The van der Waals surface area contributed by atoms with Gasteiger partial charge >= 0.3 is 5.97 Å². The molecule has 7 nitrogen and oxygen atoms in total. The summed E-state index contributed by atoms with van der Waals surface area (Å²) in [6.07, 6.45) is 3.56. The monoisotopic (exact) mass is 524 g/mol. The first-order chi connectivity index (χ1) is 17.5. The van der Waals surface area contributed by atoms with Crippen LogP contribution in [0.5, 0.6) is 5.75 Å². The molecule has 1 unspecified atom stereocenters. The van der Waals surface area contributed by atoms with E-state index >= 15 is 0 Å². The fourth-order valence-electron chi connectivity index (χ4n) is 3.84. The lowest BCUT2D eigenvalue weighted by molar-refractivity contribution is -0.138. The highest BCUT2D eigenvalue weighted by Gasteiger charge is 2.35. The fraction of sp³-hybridized carbons (Fsp3) is 0.296. The van der Waals surface area contributed by atoms with Crippen LogP contribution in [-0.2, 0) is 15.3 Å². The number of thioether (sulfide) groups is 1. The minimum Gasteiger partial charge on any atom is -0.494 e. The number of allylic oxidation sites excluding steroid dienone is 1. The first kappa shape index (κ1) is 25.9. The van der Waals surface area contributed by atoms with Crippen molar-refractivity contribution in [2.24, 2.45) is 0 Å². The zero-order chi connectivity index (χ0) is 25.5. The zero-order valence-electron chi connectivity index (χ0n) is 20.4. The molecule has 2 heterocycles. The molecule has 0 amide bonds. The second kappa shape index (κ2) is 12.1. The summed E-state index contributed by atoms with van der Waals surface area (Å²) in [7, 11) is 0. The molecule has 1 atom stereocenters. The van der Waals surface area contributed by atoms with Crippen molar-refractivity contribution in [2.75, 3.05) is 18.5 Å². The molecule has 1 aliphatic rings. The van der Waals surface area contributed by atoms with Gasteiger partial charge in [0.25, 0.3) is 0 Å². The smallest absolute Gasteiger partial charge is 0.338 e. The van der Waals surface area contributed by atoms with Crippen LogP contribution in [0.2, 0.25) is 5.02 Å². The van der Waals surface area contributed by atoms with Crippen molar-refractivity contribution in [3.05, 3.63) is 88.6 Å². The lowest BCUT2D eigenvalue weighted by Crippen LogP contribution is -2.29. The number of aromatic nitrogens is 3. The van der Waals surface area contributed by atoms with Gasteiger partial charge in [0, 0.05) is 16.5 Å². The van der Waals surface area contributed by atoms with Crippen molar-refractivity contribution >= 4 is 35.3 Å². The Morgan fingerprint density at radius 2 is 2.11 bits per heavy atom. The number of benzene rings is 2. The van der Waals surface area contributed by atoms with Crippen LogP contribution in [0, 0.1) is 0 Å². The minimum atomic E-state index is -0.532. The summed E-state index contributed by atoms with van der Waals surface area (Å²) in [6.45, 7) is 8.36. The molecule has 36 heavy (non-hydrogen) atoms. The number of ether oxygens (including phenoxy) is 2. The van der Waals surface area contributed by atoms with Gasteiger partial charge < -0.3 is 14.8 Å². The number of esters is 1. The van der Waals surface area contributed by atoms with E-state index in [9.17, 15) is 4.79 Å². The Hall–Kier alpha value is -3.23. The van der Waals surface area contributed by atoms with Gasteiger partial charge in [-0.05, 0) is 42.7 Å². The maximum Gasteiger partial charge on any atom is 0.338 e. The van der Waals surface area contributed by atoms with Crippen LogP contribution in [0.25, 0.3) is 0 Å². The fourth-order valence-corrected chi connectivity index (χ4v) is 4.96. The van der Waals surface area contributed by atoms with Crippen molar-refractivity contribution in [1.29, 1.82) is 0 Å². The summed E-state index contributed by atoms with van der Waals surface area (Å²) in [6, 6.07) is 14.9. The number of anilines is 1. The molecule has 0 spiro atoms. The number of unbranched alkanes of at least 4 members (excludes halogenated alkanes) is 1. The molecule has 0 aliphatic carbocycles. The highest BCUT2D eigenvalue weighted by molar-refractivity contribution is 7.98. The summed E-state index contributed by atoms with van der Waals surface area (Å²) in [5.74, 6) is 1.48. The molecule has 0 radical (unpaired) electrons. The molecule has 0 bridgehead atoms. The van der Waals surface area contributed by atoms with Crippen LogP contribution in [0.3, 0.4) is 0 Å². The van der Waals surface area contributed by atoms with E-state index in [-0.39, 0.29) is 6.61 Å². The van der Waals surface area contributed by atoms with Crippen LogP contribution in [0.4, 0.5) is 5.95 Å². The number of fused-ring (bicyclic) bond motifs is 1. The average Bonchev–Trinajstić information content (AvgIpc) is 3.28. The third-order valence-corrected chi connectivity index (χ3v) is 6.90. The largest absolute Gasteiger partial charge is 0.494 e. The number of rotatable bonds is 11. The van der Waals surface area contributed by atoms with Gasteiger partial charge in [0.1, 0.15) is 18.4 Å². The zero-order valence-corrected chi connectivity index (χ0v) is 21.9. The van der Waals surface area contributed by atoms with Crippen LogP contribution in [0.15, 0.2) is 77.6 Å². The van der Waals surface area contributed by atoms with E-state index in [1.54, 1.807) is 10.8 Å². The summed E-state index contributed by atoms with van der Waals surface area (Å²) >= 11 is 7.80. The van der Waals surface area contributed by atoms with E-state index in [4.69, 9.17) is 26.2 Å². The number of carbonyl (C=O) groups excluding carboxylic acids is 1. The van der Waals surface area contributed by atoms with Gasteiger partial charge in [0.15, 0.2) is 0 Å². The second-order valence-corrected chi connectivity index (χ2v) is 9.62. The van der Waals surface area contributed by atoms with Gasteiger partial charge in [-0.15, -0.1) is 5.10 Å². The summed E-state index contributed by atoms with van der Waals surface area (Å²) in [5.41, 5.74) is 2.97. The Kier molecular flexibility index (Phi) is 8.72. The van der Waals surface area contributed by atoms with Crippen molar-refractivity contribution < 1.29 is 14.3 Å². The summed E-state index contributed by atoms with van der Waals surface area (Å²) in [4.78, 5) is 17.8. The quantitative estimate of drug-likeness (QED) is 0.134. The van der Waals surface area contributed by atoms with E-state index in [0.29, 0.717) is 39.8 Å². The number of nitrogens with zero attached hydrogens (tertiary/aromatic N) is 3. The number of halogens is 1. The number of nitrogens with one attached hydrogen (secondary N) is 1. The molecule has 0 fully saturated rings. The molecule has 4 rings (SSSR count). The van der Waals surface area contributed by atoms with E-state index < -0.39 is 12.0 Å². The molecule has 3 aromatic rings. The molecular formula is C27H29ClN4O3S. The molecule has 0 saturated heterocycles. The third-order valence-electron chi connectivity index (χ3n) is 5.64. The van der Waals surface area contributed by atoms with Gasteiger partial charge in [-0.25, -0.2) is 9.48 Å². The third kappa shape index (κ3) is 5.94. The van der Waals surface area contributed by atoms with Gasteiger partial charge in [-0.1, -0.05) is 79.7 Å². The topological polar surface area (TPSA) is 78.3 Å². The Labute approximate surface area is 220 Å². The molecule has 2 aromatic carbocycles. The van der Waals surface area contributed by atoms with Gasteiger partial charge in [0.2, 0.25) is 11.1 Å². The van der Waals surface area contributed by atoms with Crippen molar-refractivity contribution in [3.63, 3.8) is 0 Å². The first-order valence-corrected chi connectivity index (χ1v) is 13.2. The molecule has 188 valence electrons. The first-order valence-electron chi connectivity index (χ1n) is 11.8. The van der Waals surface area contributed by atoms with Crippen LogP contribution < -0.4 is 10.1 Å². The SMILES string of the molecule is C=CCOC(=O)C1=C(C)Nc2nc(SCc3ccccc3Cl)nn2C1c1cccc(OCCCC)c1. The van der Waals surface area contributed by atoms with Crippen LogP contribution >= 0.6 is 23.4 Å². The highest BCUT2D eigenvalue weighted by Crippen LogP contribution is 2.38. The van der Waals surface area contributed by atoms with E-state index in [0.717, 1.165) is 29.7 Å². The predicted molar refractivity (Wildman–Crippen MR) is 143 cm³/mol. The maximum absolute atomic E-state index is 13.1. The molecular weight excluding hydrogens is 496 g/mol. The molecule has 1 N–H and O–H groups in total. The van der Waals surface area contributed by atoms with Crippen molar-refractivity contribution in [3.8, 4) is 5.75 Å². The average molecular weight is 525 g/mol. The standard InChI is InChI=1S/C27H29ClN4O3S/c1-4-6-15-34-21-12-9-11-19(16-21)24-23(25(33)35-14-5-2)18(3)29-26-30-27(31-32(24)26)36-17-20-10-7-8-13-22(20)28/h5,7-13,16,24H,2,4,6,14-15,17H2,1,3H3,(H,29,30,31). The summed E-state index contributed by atoms with van der Waals surface area (Å²) in [5, 5.41) is 9.27. The predicted octanol–water partition coefficient (Wildman–Crippen LogP) is 6.42. The Bertz CT molecular complexity index is 1270. The highest BCUT2D eigenvalue weighted by atomic mass is 35.5. The number of hydrogen-bond acceptors (Lipinski definition) is 7. The van der Waals surface area contributed by atoms with Gasteiger partial charge in [-0.3, -0.25) is 0 Å². The van der Waals surface area contributed by atoms with Gasteiger partial charge in [0.05, 0.1) is 12.2 Å². The Balaban J connectivity index is 1.68. The molecule has 1 aliphatic heterocycles. The Morgan fingerprint density at radius 3 is 2.89 bits per heavy atom. The summed E-state index contributed by atoms with van der Waals surface area (Å²) < 4.78 is 13.1. The number of carbonyl (C=O) groups is 1. The Morgan fingerprint density at radius 1 is 1.28 bits per heavy atom. The van der Waals surface area contributed by atoms with Crippen LogP contribution in [0.1, 0.15) is 43.9 Å². The minimum absolute atomic E-state index is 0.117. The van der Waals surface area contributed by atoms with Gasteiger partial charge in [-0.2, -0.15) is 4.98 Å². The lowest BCUT2D eigenvalue weighted by Gasteiger charge is -2.28. The van der Waals surface area contributed by atoms with Crippen molar-refractivity contribution in [1.82, 2.24) is 14.8 Å². The van der Waals surface area contributed by atoms with E-state index in [1.807, 2.05) is 55.5 Å². The lowest BCUT2D eigenvalue weighted by atomic mass is 9.95. The maximum atomic E-state index is 13.1.